The molecule has 0 bridgehead atoms. The van der Waals surface area contributed by atoms with Crippen molar-refractivity contribution in [2.24, 2.45) is 0 Å². The molecule has 1 aromatic heterocycles. The zero-order valence-electron chi connectivity index (χ0n) is 8.60. The first-order valence-electron chi connectivity index (χ1n) is 4.70. The van der Waals surface area contributed by atoms with Crippen LogP contribution in [-0.2, 0) is 0 Å². The number of rotatable bonds is 1. The quantitative estimate of drug-likeness (QED) is 0.742. The van der Waals surface area contributed by atoms with Crippen molar-refractivity contribution in [3.8, 4) is 11.1 Å². The Labute approximate surface area is 97.3 Å². The van der Waals surface area contributed by atoms with Crippen LogP contribution < -0.4 is 5.56 Å². The molecule has 0 aliphatic carbocycles. The van der Waals surface area contributed by atoms with Crippen molar-refractivity contribution in [3.63, 3.8) is 0 Å². The molecule has 16 heavy (non-hydrogen) atoms. The number of carbonyl (C=O) groups excluding carboxylic acids is 1. The number of aryl methyl sites for hydroxylation is 1. The lowest BCUT2D eigenvalue weighted by atomic mass is 10.0. The van der Waals surface area contributed by atoms with Gasteiger partial charge < -0.3 is 0 Å². The van der Waals surface area contributed by atoms with E-state index in [4.69, 9.17) is 0 Å². The van der Waals surface area contributed by atoms with E-state index in [0.717, 1.165) is 15.8 Å². The Balaban J connectivity index is 2.61. The van der Waals surface area contributed by atoms with E-state index in [1.165, 1.54) is 6.20 Å². The summed E-state index contributed by atoms with van der Waals surface area (Å²) in [6.07, 6.45) is 1.46. The Morgan fingerprint density at radius 1 is 1.31 bits per heavy atom. The van der Waals surface area contributed by atoms with Crippen molar-refractivity contribution < 1.29 is 4.79 Å². The van der Waals surface area contributed by atoms with Crippen LogP contribution in [0.4, 0.5) is 4.79 Å². The first-order valence-corrected chi connectivity index (χ1v) is 5.15. The highest BCUT2D eigenvalue weighted by molar-refractivity contribution is 7.96. The standard InChI is InChI=1S/C11H10N2O2S/c1-7-4-2-3-5-8(7)9-6-13(11(15)16)12-10(9)14/h2-6H,1H3,(H,12,14)(H,15,16). The molecule has 0 aliphatic heterocycles. The van der Waals surface area contributed by atoms with Gasteiger partial charge in [0.25, 0.3) is 5.56 Å². The number of nitrogens with one attached hydrogen (secondary N) is 1. The Bertz CT molecular complexity index is 598. The number of aromatic amines is 1. The minimum absolute atomic E-state index is 0.295. The molecule has 4 nitrogen and oxygen atoms in total. The average molecular weight is 234 g/mol. The number of carbonyl (C=O) groups is 1. The smallest absolute Gasteiger partial charge is 0.267 e. The fourth-order valence-corrected chi connectivity index (χ4v) is 1.67. The minimum Gasteiger partial charge on any atom is -0.267 e. The van der Waals surface area contributed by atoms with Crippen molar-refractivity contribution in [2.75, 3.05) is 0 Å². The number of hydrogen-bond acceptors (Lipinski definition) is 2. The first-order chi connectivity index (χ1) is 7.59. The lowest BCUT2D eigenvalue weighted by Gasteiger charge is -2.00. The normalized spacial score (nSPS) is 10.4. The minimum atomic E-state index is -0.517. The second-order valence-corrected chi connectivity index (χ2v) is 3.83. The highest BCUT2D eigenvalue weighted by Gasteiger charge is 2.10. The molecule has 0 unspecified atom stereocenters. The van der Waals surface area contributed by atoms with Gasteiger partial charge in [0.05, 0.1) is 5.56 Å². The lowest BCUT2D eigenvalue weighted by molar-refractivity contribution is 0.260. The van der Waals surface area contributed by atoms with Gasteiger partial charge in [-0.2, -0.15) is 0 Å². The van der Waals surface area contributed by atoms with Gasteiger partial charge in [-0.05, 0) is 18.1 Å². The lowest BCUT2D eigenvalue weighted by Crippen LogP contribution is -2.08. The van der Waals surface area contributed by atoms with Crippen molar-refractivity contribution >= 4 is 17.9 Å². The van der Waals surface area contributed by atoms with Gasteiger partial charge in [-0.1, -0.05) is 36.9 Å². The van der Waals surface area contributed by atoms with Crippen molar-refractivity contribution in [3.05, 3.63) is 46.4 Å². The third-order valence-electron chi connectivity index (χ3n) is 2.37. The SMILES string of the molecule is Cc1ccccc1-c1cn(C(=O)S)[nH]c1=O. The van der Waals surface area contributed by atoms with E-state index >= 15 is 0 Å². The largest absolute Gasteiger partial charge is 0.301 e. The number of benzene rings is 1. The van der Waals surface area contributed by atoms with Crippen molar-refractivity contribution in [2.45, 2.75) is 6.92 Å². The zero-order valence-corrected chi connectivity index (χ0v) is 9.49. The highest BCUT2D eigenvalue weighted by Crippen LogP contribution is 2.19. The molecular formula is C11H10N2O2S. The van der Waals surface area contributed by atoms with E-state index in [2.05, 4.69) is 17.7 Å². The number of aromatic nitrogens is 2. The summed E-state index contributed by atoms with van der Waals surface area (Å²) in [5.74, 6) is 0. The summed E-state index contributed by atoms with van der Waals surface area (Å²) >= 11 is 3.64. The summed E-state index contributed by atoms with van der Waals surface area (Å²) in [5, 5.41) is 1.89. The number of thiol groups is 1. The van der Waals surface area contributed by atoms with Gasteiger partial charge in [0.2, 0.25) is 0 Å². The summed E-state index contributed by atoms with van der Waals surface area (Å²) in [7, 11) is 0. The predicted octanol–water partition coefficient (Wildman–Crippen LogP) is 2.05. The Morgan fingerprint density at radius 3 is 2.56 bits per heavy atom. The topological polar surface area (TPSA) is 54.9 Å². The summed E-state index contributed by atoms with van der Waals surface area (Å²) in [4.78, 5) is 22.6. The number of nitrogens with zero attached hydrogens (tertiary/aromatic N) is 1. The molecule has 0 saturated carbocycles. The second-order valence-electron chi connectivity index (χ2n) is 3.45. The zero-order chi connectivity index (χ0) is 11.7. The van der Waals surface area contributed by atoms with Gasteiger partial charge in [-0.3, -0.25) is 14.7 Å². The van der Waals surface area contributed by atoms with Gasteiger partial charge in [0.15, 0.2) is 0 Å². The van der Waals surface area contributed by atoms with Crippen LogP contribution in [-0.4, -0.2) is 15.0 Å². The fraction of sp³-hybridized carbons (Fsp3) is 0.0909. The van der Waals surface area contributed by atoms with E-state index in [0.29, 0.717) is 5.56 Å². The maximum absolute atomic E-state index is 11.6. The molecule has 0 fully saturated rings. The average Bonchev–Trinajstić information content (AvgIpc) is 2.61. The molecule has 1 heterocycles. The Kier molecular flexibility index (Phi) is 2.70. The van der Waals surface area contributed by atoms with Crippen LogP contribution in [0.2, 0.25) is 0 Å². The second kappa shape index (κ2) is 4.02. The van der Waals surface area contributed by atoms with Crippen LogP contribution >= 0.6 is 12.6 Å². The fourth-order valence-electron chi connectivity index (χ4n) is 1.56. The summed E-state index contributed by atoms with van der Waals surface area (Å²) in [5.41, 5.74) is 1.98. The summed E-state index contributed by atoms with van der Waals surface area (Å²) in [6, 6.07) is 7.50. The molecule has 0 saturated heterocycles. The molecule has 0 atom stereocenters. The monoisotopic (exact) mass is 234 g/mol. The van der Waals surface area contributed by atoms with Gasteiger partial charge >= 0.3 is 5.24 Å². The maximum atomic E-state index is 11.6. The van der Waals surface area contributed by atoms with E-state index in [1.54, 1.807) is 0 Å². The summed E-state index contributed by atoms with van der Waals surface area (Å²) in [6.45, 7) is 1.91. The van der Waals surface area contributed by atoms with Crippen molar-refractivity contribution in [1.29, 1.82) is 0 Å². The molecule has 2 aromatic rings. The van der Waals surface area contributed by atoms with Gasteiger partial charge in [-0.15, -0.1) is 0 Å². The van der Waals surface area contributed by atoms with Crippen LogP contribution in [0.1, 0.15) is 5.56 Å². The molecule has 0 amide bonds. The number of hydrogen-bond donors (Lipinski definition) is 2. The third-order valence-corrected chi connectivity index (χ3v) is 2.58. The predicted molar refractivity (Wildman–Crippen MR) is 65.0 cm³/mol. The van der Waals surface area contributed by atoms with Crippen LogP contribution in [0.3, 0.4) is 0 Å². The molecule has 1 aromatic carbocycles. The van der Waals surface area contributed by atoms with Gasteiger partial charge in [0, 0.05) is 6.20 Å². The molecule has 82 valence electrons. The summed E-state index contributed by atoms with van der Waals surface area (Å²) < 4.78 is 1.06. The Morgan fingerprint density at radius 2 is 2.00 bits per heavy atom. The van der Waals surface area contributed by atoms with Crippen LogP contribution in [0, 0.1) is 6.92 Å². The van der Waals surface area contributed by atoms with Crippen LogP contribution in [0.5, 0.6) is 0 Å². The van der Waals surface area contributed by atoms with Gasteiger partial charge in [-0.25, -0.2) is 4.68 Å². The Hall–Kier alpha value is -1.75. The first kappa shape index (κ1) is 10.8. The van der Waals surface area contributed by atoms with E-state index in [1.807, 2.05) is 31.2 Å². The highest BCUT2D eigenvalue weighted by atomic mass is 32.1. The van der Waals surface area contributed by atoms with Crippen LogP contribution in [0.15, 0.2) is 35.3 Å². The molecule has 0 spiro atoms. The molecule has 1 N–H and O–H groups in total. The molecular weight excluding hydrogens is 224 g/mol. The molecule has 2 rings (SSSR count). The van der Waals surface area contributed by atoms with Crippen molar-refractivity contribution in [1.82, 2.24) is 9.78 Å². The molecule has 5 heteroatoms. The van der Waals surface area contributed by atoms with E-state index in [-0.39, 0.29) is 5.56 Å². The van der Waals surface area contributed by atoms with E-state index in [9.17, 15) is 9.59 Å². The third kappa shape index (κ3) is 1.81. The molecule has 0 radical (unpaired) electrons. The maximum Gasteiger partial charge on any atom is 0.301 e. The van der Waals surface area contributed by atoms with E-state index < -0.39 is 5.24 Å². The van der Waals surface area contributed by atoms with Crippen LogP contribution in [0.25, 0.3) is 11.1 Å². The number of H-pyrrole nitrogens is 1. The van der Waals surface area contributed by atoms with Gasteiger partial charge in [0.1, 0.15) is 0 Å². The molecule has 0 aliphatic rings.